The Morgan fingerprint density at radius 1 is 0.833 bits per heavy atom. The van der Waals surface area contributed by atoms with Gasteiger partial charge in [0.25, 0.3) is 0 Å². The van der Waals surface area contributed by atoms with Crippen LogP contribution in [0.4, 0.5) is 0 Å². The molecule has 0 unspecified atom stereocenters. The second kappa shape index (κ2) is 12.6. The molecule has 7 heteroatoms. The van der Waals surface area contributed by atoms with Crippen LogP contribution in [0.2, 0.25) is 15.1 Å². The Morgan fingerprint density at radius 3 is 2.11 bits per heavy atom. The lowest BCUT2D eigenvalue weighted by Gasteiger charge is -2.33. The van der Waals surface area contributed by atoms with Gasteiger partial charge in [-0.15, -0.1) is 0 Å². The fourth-order valence-electron chi connectivity index (χ4n) is 4.68. The van der Waals surface area contributed by atoms with Gasteiger partial charge in [0.15, 0.2) is 0 Å². The number of hydrogen-bond donors (Lipinski definition) is 1. The average Bonchev–Trinajstić information content (AvgIpc) is 3.38. The molecule has 0 saturated heterocycles. The highest BCUT2D eigenvalue weighted by molar-refractivity contribution is 6.36. The first-order valence-electron chi connectivity index (χ1n) is 12.2. The molecule has 0 spiro atoms. The second-order valence-corrected chi connectivity index (χ2v) is 10.4. The number of carbonyl (C=O) groups is 2. The average molecular weight is 544 g/mol. The molecule has 1 saturated carbocycles. The van der Waals surface area contributed by atoms with E-state index in [4.69, 9.17) is 34.8 Å². The van der Waals surface area contributed by atoms with E-state index in [-0.39, 0.29) is 30.8 Å². The molecule has 3 aromatic carbocycles. The van der Waals surface area contributed by atoms with Gasteiger partial charge in [-0.3, -0.25) is 9.59 Å². The van der Waals surface area contributed by atoms with Crippen LogP contribution in [-0.4, -0.2) is 28.8 Å². The predicted molar refractivity (Wildman–Crippen MR) is 147 cm³/mol. The van der Waals surface area contributed by atoms with Crippen molar-refractivity contribution in [2.45, 2.75) is 57.2 Å². The normalized spacial score (nSPS) is 14.4. The molecule has 1 fully saturated rings. The summed E-state index contributed by atoms with van der Waals surface area (Å²) in [6.07, 6.45) is 4.53. The van der Waals surface area contributed by atoms with Gasteiger partial charge in [0.2, 0.25) is 11.8 Å². The molecule has 4 rings (SSSR count). The minimum Gasteiger partial charge on any atom is -0.352 e. The first-order valence-corrected chi connectivity index (χ1v) is 13.4. The summed E-state index contributed by atoms with van der Waals surface area (Å²) in [6, 6.07) is 21.6. The fourth-order valence-corrected chi connectivity index (χ4v) is 5.40. The first-order chi connectivity index (χ1) is 17.4. The van der Waals surface area contributed by atoms with E-state index in [1.54, 1.807) is 29.2 Å². The summed E-state index contributed by atoms with van der Waals surface area (Å²) in [5, 5.41) is 4.61. The number of carbonyl (C=O) groups excluding carboxylic acids is 2. The van der Waals surface area contributed by atoms with Crippen LogP contribution in [0.1, 0.15) is 42.4 Å². The summed E-state index contributed by atoms with van der Waals surface area (Å²) in [5.41, 5.74) is 2.28. The number of nitrogens with one attached hydrogen (secondary N) is 1. The fraction of sp³-hybridized carbons (Fsp3) is 0.310. The largest absolute Gasteiger partial charge is 0.352 e. The molecule has 1 aliphatic rings. The summed E-state index contributed by atoms with van der Waals surface area (Å²) in [7, 11) is 0. The van der Waals surface area contributed by atoms with E-state index in [1.807, 2.05) is 48.5 Å². The Hall–Kier alpha value is -2.53. The Balaban J connectivity index is 1.71. The SMILES string of the molecule is O=C(NC1CCCC1)[C@@H](Cc1ccccc1)N(Cc1c(Cl)cccc1Cl)C(=O)Cc1ccccc1Cl. The molecule has 3 aromatic rings. The second-order valence-electron chi connectivity index (χ2n) is 9.19. The van der Waals surface area contributed by atoms with Crippen LogP contribution in [0.15, 0.2) is 72.8 Å². The van der Waals surface area contributed by atoms with Crippen molar-refractivity contribution < 1.29 is 9.59 Å². The van der Waals surface area contributed by atoms with Crippen LogP contribution in [0.5, 0.6) is 0 Å². The van der Waals surface area contributed by atoms with E-state index < -0.39 is 6.04 Å². The minimum atomic E-state index is -0.740. The van der Waals surface area contributed by atoms with Crippen molar-refractivity contribution in [2.24, 2.45) is 0 Å². The molecule has 1 atom stereocenters. The zero-order valence-electron chi connectivity index (χ0n) is 19.9. The number of halogens is 3. The van der Waals surface area contributed by atoms with Gasteiger partial charge in [-0.1, -0.05) is 102 Å². The third-order valence-electron chi connectivity index (χ3n) is 6.66. The molecule has 1 N–H and O–H groups in total. The standard InChI is InChI=1S/C29H29Cl3N2O2/c30-24-14-7-4-11-21(24)18-28(35)34(19-23-25(31)15-8-16-26(23)32)27(17-20-9-2-1-3-10-20)29(36)33-22-12-5-6-13-22/h1-4,7-11,14-16,22,27H,5-6,12-13,17-19H2,(H,33,36)/t27-/m1/s1. The lowest BCUT2D eigenvalue weighted by atomic mass is 10.0. The first kappa shape index (κ1) is 26.5. The molecule has 0 radical (unpaired) electrons. The number of rotatable bonds is 9. The minimum absolute atomic E-state index is 0.0593. The quantitative estimate of drug-likeness (QED) is 0.319. The van der Waals surface area contributed by atoms with Crippen molar-refractivity contribution in [3.05, 3.63) is 105 Å². The molecule has 36 heavy (non-hydrogen) atoms. The Kier molecular flexibility index (Phi) is 9.30. The number of benzene rings is 3. The van der Waals surface area contributed by atoms with Crippen molar-refractivity contribution in [3.63, 3.8) is 0 Å². The summed E-state index contributed by atoms with van der Waals surface area (Å²) >= 11 is 19.4. The topological polar surface area (TPSA) is 49.4 Å². The molecule has 0 heterocycles. The van der Waals surface area contributed by atoms with Crippen molar-refractivity contribution >= 4 is 46.6 Å². The maximum atomic E-state index is 13.9. The van der Waals surface area contributed by atoms with Gasteiger partial charge in [-0.2, -0.15) is 0 Å². The van der Waals surface area contributed by atoms with Crippen LogP contribution in [0.25, 0.3) is 0 Å². The molecule has 0 aliphatic heterocycles. The molecule has 4 nitrogen and oxygen atoms in total. The van der Waals surface area contributed by atoms with Gasteiger partial charge in [0.1, 0.15) is 6.04 Å². The third-order valence-corrected chi connectivity index (χ3v) is 7.74. The monoisotopic (exact) mass is 542 g/mol. The van der Waals surface area contributed by atoms with E-state index >= 15 is 0 Å². The van der Waals surface area contributed by atoms with Crippen LogP contribution in [-0.2, 0) is 29.0 Å². The van der Waals surface area contributed by atoms with Crippen molar-refractivity contribution in [1.29, 1.82) is 0 Å². The Morgan fingerprint density at radius 2 is 1.44 bits per heavy atom. The highest BCUT2D eigenvalue weighted by Gasteiger charge is 2.33. The zero-order valence-corrected chi connectivity index (χ0v) is 22.2. The van der Waals surface area contributed by atoms with Gasteiger partial charge in [0.05, 0.1) is 6.42 Å². The Bertz CT molecular complexity index is 1180. The van der Waals surface area contributed by atoms with E-state index in [2.05, 4.69) is 5.32 Å². The summed E-state index contributed by atoms with van der Waals surface area (Å²) in [5.74, 6) is -0.386. The number of amides is 2. The lowest BCUT2D eigenvalue weighted by Crippen LogP contribution is -2.52. The van der Waals surface area contributed by atoms with Crippen molar-refractivity contribution in [1.82, 2.24) is 10.2 Å². The summed E-state index contributed by atoms with van der Waals surface area (Å²) in [4.78, 5) is 29.2. The lowest BCUT2D eigenvalue weighted by molar-refractivity contribution is -0.141. The van der Waals surface area contributed by atoms with Crippen LogP contribution < -0.4 is 5.32 Å². The van der Waals surface area contributed by atoms with Gasteiger partial charge in [-0.25, -0.2) is 0 Å². The number of nitrogens with zero attached hydrogens (tertiary/aromatic N) is 1. The zero-order chi connectivity index (χ0) is 25.5. The third kappa shape index (κ3) is 6.82. The molecular formula is C29H29Cl3N2O2. The van der Waals surface area contributed by atoms with Crippen LogP contribution in [0.3, 0.4) is 0 Å². The molecular weight excluding hydrogens is 515 g/mol. The van der Waals surface area contributed by atoms with Gasteiger partial charge in [0, 0.05) is 39.6 Å². The molecule has 0 aromatic heterocycles. The van der Waals surface area contributed by atoms with Gasteiger partial charge >= 0.3 is 0 Å². The summed E-state index contributed by atoms with van der Waals surface area (Å²) in [6.45, 7) is 0.109. The van der Waals surface area contributed by atoms with Crippen molar-refractivity contribution in [3.8, 4) is 0 Å². The van der Waals surface area contributed by atoms with Gasteiger partial charge in [-0.05, 0) is 42.2 Å². The molecule has 1 aliphatic carbocycles. The highest BCUT2D eigenvalue weighted by Crippen LogP contribution is 2.28. The number of hydrogen-bond acceptors (Lipinski definition) is 2. The van der Waals surface area contributed by atoms with E-state index in [9.17, 15) is 9.59 Å². The predicted octanol–water partition coefficient (Wildman–Crippen LogP) is 6.89. The molecule has 2 amide bonds. The van der Waals surface area contributed by atoms with E-state index in [0.717, 1.165) is 31.2 Å². The maximum absolute atomic E-state index is 13.9. The maximum Gasteiger partial charge on any atom is 0.243 e. The van der Waals surface area contributed by atoms with E-state index in [0.29, 0.717) is 32.6 Å². The smallest absolute Gasteiger partial charge is 0.243 e. The summed E-state index contributed by atoms with van der Waals surface area (Å²) < 4.78 is 0. The molecule has 188 valence electrons. The van der Waals surface area contributed by atoms with Crippen LogP contribution >= 0.6 is 34.8 Å². The highest BCUT2D eigenvalue weighted by atomic mass is 35.5. The van der Waals surface area contributed by atoms with Gasteiger partial charge < -0.3 is 10.2 Å². The molecule has 0 bridgehead atoms. The Labute approximate surface area is 227 Å². The van der Waals surface area contributed by atoms with Crippen LogP contribution in [0, 0.1) is 0 Å². The van der Waals surface area contributed by atoms with Crippen molar-refractivity contribution in [2.75, 3.05) is 0 Å². The van der Waals surface area contributed by atoms with E-state index in [1.165, 1.54) is 0 Å².